The fourth-order valence-corrected chi connectivity index (χ4v) is 3.24. The minimum absolute atomic E-state index is 0.00183. The van der Waals surface area contributed by atoms with E-state index in [1.54, 1.807) is 34.9 Å². The molecular formula is C22H16FN5O5. The molecule has 1 heterocycles. The quantitative estimate of drug-likeness (QED) is 0.220. The summed E-state index contributed by atoms with van der Waals surface area (Å²) in [4.78, 5) is 30.7. The second-order valence-corrected chi connectivity index (χ2v) is 7.05. The first-order valence-corrected chi connectivity index (χ1v) is 9.68. The summed E-state index contributed by atoms with van der Waals surface area (Å²) in [6.07, 6.45) is 1.35. The minimum atomic E-state index is -0.506. The molecule has 0 radical (unpaired) electrons. The zero-order valence-electron chi connectivity index (χ0n) is 17.0. The topological polar surface area (TPSA) is 126 Å². The van der Waals surface area contributed by atoms with E-state index < -0.39 is 9.85 Å². The van der Waals surface area contributed by atoms with E-state index in [4.69, 9.17) is 4.84 Å². The Morgan fingerprint density at radius 2 is 1.70 bits per heavy atom. The highest BCUT2D eigenvalue weighted by Gasteiger charge is 2.14. The summed E-state index contributed by atoms with van der Waals surface area (Å²) in [5.41, 5.74) is 2.23. The smallest absolute Gasteiger partial charge is 0.271 e. The molecule has 10 nitrogen and oxygen atoms in total. The zero-order chi connectivity index (χ0) is 23.4. The molecule has 0 fully saturated rings. The van der Waals surface area contributed by atoms with Crippen molar-refractivity contribution >= 4 is 28.6 Å². The van der Waals surface area contributed by atoms with E-state index in [9.17, 15) is 24.6 Å². The lowest BCUT2D eigenvalue weighted by Crippen LogP contribution is -2.05. The Hall–Kier alpha value is -4.67. The number of oxime groups is 1. The van der Waals surface area contributed by atoms with E-state index in [0.29, 0.717) is 29.0 Å². The highest BCUT2D eigenvalue weighted by Crippen LogP contribution is 2.23. The molecule has 3 aromatic carbocycles. The lowest BCUT2D eigenvalue weighted by Gasteiger charge is -2.07. The molecule has 0 saturated carbocycles. The van der Waals surface area contributed by atoms with Gasteiger partial charge in [0, 0.05) is 30.8 Å². The van der Waals surface area contributed by atoms with Gasteiger partial charge in [-0.3, -0.25) is 20.2 Å². The van der Waals surface area contributed by atoms with Crippen LogP contribution in [-0.2, 0) is 18.0 Å². The average Bonchev–Trinajstić information content (AvgIpc) is 3.14. The van der Waals surface area contributed by atoms with Gasteiger partial charge >= 0.3 is 0 Å². The summed E-state index contributed by atoms with van der Waals surface area (Å²) in [6, 6.07) is 16.3. The van der Waals surface area contributed by atoms with Crippen molar-refractivity contribution in [3.8, 4) is 0 Å². The van der Waals surface area contributed by atoms with Crippen LogP contribution in [-0.4, -0.2) is 25.6 Å². The van der Waals surface area contributed by atoms with Gasteiger partial charge in [-0.2, -0.15) is 0 Å². The van der Waals surface area contributed by atoms with Crippen LogP contribution in [0.1, 0.15) is 17.0 Å². The number of hydrogen-bond donors (Lipinski definition) is 0. The molecule has 4 rings (SSSR count). The Kier molecular flexibility index (Phi) is 6.02. The number of aromatic nitrogens is 2. The summed E-state index contributed by atoms with van der Waals surface area (Å²) in [6.45, 7) is 0.322. The second-order valence-electron chi connectivity index (χ2n) is 7.05. The molecule has 11 heteroatoms. The van der Waals surface area contributed by atoms with Crippen molar-refractivity contribution in [1.29, 1.82) is 0 Å². The van der Waals surface area contributed by atoms with Crippen LogP contribution in [0.25, 0.3) is 11.0 Å². The van der Waals surface area contributed by atoms with E-state index in [1.165, 1.54) is 42.6 Å². The number of nitro groups is 2. The predicted octanol–water partition coefficient (Wildman–Crippen LogP) is 4.59. The molecule has 1 aromatic heterocycles. The van der Waals surface area contributed by atoms with Gasteiger partial charge in [0.2, 0.25) is 0 Å². The van der Waals surface area contributed by atoms with E-state index in [1.807, 2.05) is 0 Å². The van der Waals surface area contributed by atoms with Crippen molar-refractivity contribution in [2.24, 2.45) is 5.16 Å². The maximum Gasteiger partial charge on any atom is 0.271 e. The number of fused-ring (bicyclic) bond motifs is 1. The molecule has 0 N–H and O–H groups in total. The summed E-state index contributed by atoms with van der Waals surface area (Å²) in [7, 11) is 0. The maximum absolute atomic E-state index is 13.3. The van der Waals surface area contributed by atoms with E-state index in [2.05, 4.69) is 10.1 Å². The molecule has 0 bridgehead atoms. The van der Waals surface area contributed by atoms with Crippen molar-refractivity contribution in [2.75, 3.05) is 0 Å². The Labute approximate surface area is 185 Å². The lowest BCUT2D eigenvalue weighted by atomic mass is 10.2. The molecule has 0 unspecified atom stereocenters. The lowest BCUT2D eigenvalue weighted by molar-refractivity contribution is -0.385. The largest absolute Gasteiger partial charge is 0.391 e. The molecule has 0 aliphatic rings. The molecule has 33 heavy (non-hydrogen) atoms. The van der Waals surface area contributed by atoms with Crippen LogP contribution in [0.4, 0.5) is 15.8 Å². The Bertz CT molecular complexity index is 1370. The average molecular weight is 449 g/mol. The number of non-ortho nitro benzene ring substituents is 2. The Morgan fingerprint density at radius 1 is 0.970 bits per heavy atom. The first-order chi connectivity index (χ1) is 15.9. The third-order valence-electron chi connectivity index (χ3n) is 4.82. The number of imidazole rings is 1. The van der Waals surface area contributed by atoms with Crippen molar-refractivity contribution in [2.45, 2.75) is 13.2 Å². The number of hydrogen-bond acceptors (Lipinski definition) is 7. The minimum Gasteiger partial charge on any atom is -0.391 e. The Balaban J connectivity index is 1.60. The molecule has 166 valence electrons. The van der Waals surface area contributed by atoms with Crippen molar-refractivity contribution in [1.82, 2.24) is 9.55 Å². The van der Waals surface area contributed by atoms with Gasteiger partial charge in [-0.1, -0.05) is 29.4 Å². The molecular weight excluding hydrogens is 433 g/mol. The summed E-state index contributed by atoms with van der Waals surface area (Å²) >= 11 is 0. The van der Waals surface area contributed by atoms with Gasteiger partial charge < -0.3 is 9.40 Å². The van der Waals surface area contributed by atoms with Crippen molar-refractivity contribution < 1.29 is 19.1 Å². The van der Waals surface area contributed by atoms with Crippen LogP contribution in [0, 0.1) is 26.0 Å². The molecule has 4 aromatic rings. The third kappa shape index (κ3) is 4.98. The monoisotopic (exact) mass is 449 g/mol. The third-order valence-corrected chi connectivity index (χ3v) is 4.82. The van der Waals surface area contributed by atoms with Crippen LogP contribution < -0.4 is 0 Å². The van der Waals surface area contributed by atoms with Crippen LogP contribution in [0.5, 0.6) is 0 Å². The standard InChI is InChI=1S/C22H16FN5O5/c23-17-6-4-15(5-7-17)13-26-21-9-8-19(28(31)32)11-20(21)25-22(26)12-24-33-14-16-2-1-3-18(10-16)27(29)30/h1-12H,13-14H2. The number of nitrogens with zero attached hydrogens (tertiary/aromatic N) is 5. The molecule has 0 saturated heterocycles. The molecule has 0 aliphatic heterocycles. The van der Waals surface area contributed by atoms with Crippen LogP contribution in [0.15, 0.2) is 71.9 Å². The van der Waals surface area contributed by atoms with Crippen LogP contribution in [0.3, 0.4) is 0 Å². The SMILES string of the molecule is O=[N+]([O-])c1cccc(CON=Cc2nc3cc([N+](=O)[O-])ccc3n2Cc2ccc(F)cc2)c1. The van der Waals surface area contributed by atoms with Crippen molar-refractivity contribution in [3.05, 3.63) is 110 Å². The van der Waals surface area contributed by atoms with Gasteiger partial charge in [0.1, 0.15) is 18.6 Å². The molecule has 0 aliphatic carbocycles. The first-order valence-electron chi connectivity index (χ1n) is 9.68. The van der Waals surface area contributed by atoms with E-state index >= 15 is 0 Å². The van der Waals surface area contributed by atoms with E-state index in [0.717, 1.165) is 5.56 Å². The first kappa shape index (κ1) is 21.6. The number of benzene rings is 3. The van der Waals surface area contributed by atoms with Gasteiger partial charge in [-0.25, -0.2) is 9.37 Å². The van der Waals surface area contributed by atoms with Crippen molar-refractivity contribution in [3.63, 3.8) is 0 Å². The molecule has 0 spiro atoms. The molecule has 0 atom stereocenters. The number of nitro benzene ring substituents is 2. The highest BCUT2D eigenvalue weighted by molar-refractivity contribution is 5.86. The van der Waals surface area contributed by atoms with E-state index in [-0.39, 0.29) is 23.8 Å². The van der Waals surface area contributed by atoms with Crippen LogP contribution in [0.2, 0.25) is 0 Å². The fourth-order valence-electron chi connectivity index (χ4n) is 3.24. The second kappa shape index (κ2) is 9.22. The molecule has 0 amide bonds. The Morgan fingerprint density at radius 3 is 2.42 bits per heavy atom. The van der Waals surface area contributed by atoms with Gasteiger partial charge in [-0.15, -0.1) is 0 Å². The maximum atomic E-state index is 13.3. The van der Waals surface area contributed by atoms with Crippen LogP contribution >= 0.6 is 0 Å². The zero-order valence-corrected chi connectivity index (χ0v) is 17.0. The van der Waals surface area contributed by atoms with Gasteiger partial charge in [-0.05, 0) is 29.3 Å². The summed E-state index contributed by atoms with van der Waals surface area (Å²) in [5.74, 6) is 0.00932. The summed E-state index contributed by atoms with van der Waals surface area (Å²) < 4.78 is 15.0. The fraction of sp³-hybridized carbons (Fsp3) is 0.0909. The summed E-state index contributed by atoms with van der Waals surface area (Å²) in [5, 5.41) is 25.9. The normalized spacial score (nSPS) is 11.2. The van der Waals surface area contributed by atoms with Gasteiger partial charge in [0.15, 0.2) is 5.82 Å². The van der Waals surface area contributed by atoms with Gasteiger partial charge in [0.25, 0.3) is 11.4 Å². The predicted molar refractivity (Wildman–Crippen MR) is 117 cm³/mol. The highest BCUT2D eigenvalue weighted by atomic mass is 19.1. The van der Waals surface area contributed by atoms with Gasteiger partial charge in [0.05, 0.1) is 20.9 Å². The number of halogens is 1. The number of rotatable bonds is 8.